The van der Waals surface area contributed by atoms with Crippen molar-refractivity contribution in [1.29, 1.82) is 0 Å². The maximum absolute atomic E-state index is 12.3. The topological polar surface area (TPSA) is 55.6 Å². The molecule has 1 aromatic carbocycles. The number of halogens is 1. The van der Waals surface area contributed by atoms with Gasteiger partial charge in [-0.3, -0.25) is 4.79 Å². The van der Waals surface area contributed by atoms with Crippen molar-refractivity contribution in [3.05, 3.63) is 35.4 Å². The zero-order valence-electron chi connectivity index (χ0n) is 11.9. The molecular formula is C15H23ClN2O2. The number of nitrogens with zero attached hydrogens (tertiary/aromatic N) is 1. The van der Waals surface area contributed by atoms with Crippen molar-refractivity contribution in [2.75, 3.05) is 26.8 Å². The predicted molar refractivity (Wildman–Crippen MR) is 82.1 cm³/mol. The molecule has 0 spiro atoms. The van der Waals surface area contributed by atoms with Gasteiger partial charge in [-0.1, -0.05) is 12.1 Å². The quantitative estimate of drug-likeness (QED) is 0.926. The summed E-state index contributed by atoms with van der Waals surface area (Å²) in [5.74, 6) is 0.528. The van der Waals surface area contributed by atoms with Gasteiger partial charge in [0, 0.05) is 32.3 Å². The highest BCUT2D eigenvalue weighted by atomic mass is 35.5. The van der Waals surface area contributed by atoms with Crippen molar-refractivity contribution >= 4 is 18.3 Å². The van der Waals surface area contributed by atoms with Gasteiger partial charge >= 0.3 is 0 Å². The maximum atomic E-state index is 12.3. The monoisotopic (exact) mass is 298 g/mol. The Morgan fingerprint density at radius 1 is 1.40 bits per heavy atom. The summed E-state index contributed by atoms with van der Waals surface area (Å²) in [6.07, 6.45) is 2.24. The second kappa shape index (κ2) is 8.25. The second-order valence-electron chi connectivity index (χ2n) is 5.17. The van der Waals surface area contributed by atoms with E-state index in [9.17, 15) is 4.79 Å². The minimum atomic E-state index is 0. The molecule has 5 heteroatoms. The van der Waals surface area contributed by atoms with Crippen LogP contribution in [0.1, 0.15) is 28.8 Å². The molecule has 1 saturated heterocycles. The molecule has 0 saturated carbocycles. The van der Waals surface area contributed by atoms with Gasteiger partial charge in [-0.05, 0) is 36.5 Å². The molecule has 1 atom stereocenters. The Morgan fingerprint density at radius 3 is 2.65 bits per heavy atom. The third-order valence-corrected chi connectivity index (χ3v) is 3.57. The highest BCUT2D eigenvalue weighted by molar-refractivity contribution is 5.94. The number of amides is 1. The summed E-state index contributed by atoms with van der Waals surface area (Å²) in [5, 5.41) is 0. The molecule has 2 N–H and O–H groups in total. The van der Waals surface area contributed by atoms with Gasteiger partial charge in [0.25, 0.3) is 5.91 Å². The van der Waals surface area contributed by atoms with Crippen LogP contribution < -0.4 is 5.73 Å². The van der Waals surface area contributed by atoms with Crippen molar-refractivity contribution < 1.29 is 9.53 Å². The third-order valence-electron chi connectivity index (χ3n) is 3.57. The third kappa shape index (κ3) is 4.47. The Kier molecular flexibility index (Phi) is 6.99. The largest absolute Gasteiger partial charge is 0.381 e. The fraction of sp³-hybridized carbons (Fsp3) is 0.533. The molecule has 1 aromatic rings. The van der Waals surface area contributed by atoms with Crippen LogP contribution in [0.15, 0.2) is 24.3 Å². The molecule has 0 aliphatic carbocycles. The van der Waals surface area contributed by atoms with Gasteiger partial charge in [-0.25, -0.2) is 0 Å². The van der Waals surface area contributed by atoms with E-state index in [1.807, 2.05) is 31.3 Å². The number of hydrogen-bond donors (Lipinski definition) is 1. The first-order chi connectivity index (χ1) is 9.20. The smallest absolute Gasteiger partial charge is 0.253 e. The van der Waals surface area contributed by atoms with Crippen LogP contribution in [-0.4, -0.2) is 37.6 Å². The zero-order chi connectivity index (χ0) is 13.7. The Bertz CT molecular complexity index is 416. The Labute approximate surface area is 126 Å². The van der Waals surface area contributed by atoms with Crippen molar-refractivity contribution in [2.45, 2.75) is 19.4 Å². The molecule has 4 nitrogen and oxygen atoms in total. The highest BCUT2D eigenvalue weighted by Crippen LogP contribution is 2.15. The van der Waals surface area contributed by atoms with E-state index in [-0.39, 0.29) is 18.3 Å². The van der Waals surface area contributed by atoms with E-state index in [0.29, 0.717) is 12.5 Å². The summed E-state index contributed by atoms with van der Waals surface area (Å²) in [6.45, 7) is 2.89. The van der Waals surface area contributed by atoms with Gasteiger partial charge in [-0.15, -0.1) is 12.4 Å². The number of carbonyl (C=O) groups is 1. The molecule has 0 bridgehead atoms. The summed E-state index contributed by atoms with van der Waals surface area (Å²) < 4.78 is 5.45. The van der Waals surface area contributed by atoms with Crippen LogP contribution in [0.4, 0.5) is 0 Å². The minimum Gasteiger partial charge on any atom is -0.381 e. The molecule has 1 amide bonds. The molecule has 0 radical (unpaired) electrons. The van der Waals surface area contributed by atoms with Crippen LogP contribution in [-0.2, 0) is 11.3 Å². The number of ether oxygens (including phenoxy) is 1. The zero-order valence-corrected chi connectivity index (χ0v) is 12.7. The second-order valence-corrected chi connectivity index (χ2v) is 5.17. The van der Waals surface area contributed by atoms with E-state index in [1.165, 1.54) is 0 Å². The van der Waals surface area contributed by atoms with Crippen LogP contribution in [0.25, 0.3) is 0 Å². The van der Waals surface area contributed by atoms with Crippen LogP contribution in [0.5, 0.6) is 0 Å². The summed E-state index contributed by atoms with van der Waals surface area (Å²) >= 11 is 0. The predicted octanol–water partition coefficient (Wildman–Crippen LogP) is 2.07. The molecular weight excluding hydrogens is 276 g/mol. The minimum absolute atomic E-state index is 0. The number of benzene rings is 1. The van der Waals surface area contributed by atoms with E-state index >= 15 is 0 Å². The summed E-state index contributed by atoms with van der Waals surface area (Å²) in [6, 6.07) is 7.51. The Morgan fingerprint density at radius 2 is 2.10 bits per heavy atom. The summed E-state index contributed by atoms with van der Waals surface area (Å²) in [5.41, 5.74) is 7.31. The number of hydrogen-bond acceptors (Lipinski definition) is 3. The standard InChI is InChI=1S/C15H22N2O2.ClH/c1-17(10-13-3-2-8-19-11-13)15(18)14-6-4-12(9-16)5-7-14;/h4-7,13H,2-3,8-11,16H2,1H3;1H. The fourth-order valence-corrected chi connectivity index (χ4v) is 2.43. The van der Waals surface area contributed by atoms with Gasteiger partial charge in [0.2, 0.25) is 0 Å². The molecule has 1 aliphatic heterocycles. The molecule has 1 unspecified atom stereocenters. The van der Waals surface area contributed by atoms with E-state index in [1.54, 1.807) is 4.90 Å². The molecule has 0 aromatic heterocycles. The first-order valence-electron chi connectivity index (χ1n) is 6.83. The Hall–Kier alpha value is -1.10. The first kappa shape index (κ1) is 17.0. The lowest BCUT2D eigenvalue weighted by Crippen LogP contribution is -2.35. The van der Waals surface area contributed by atoms with E-state index in [2.05, 4.69) is 0 Å². The lowest BCUT2D eigenvalue weighted by atomic mass is 10.0. The van der Waals surface area contributed by atoms with Crippen molar-refractivity contribution in [3.8, 4) is 0 Å². The molecule has 112 valence electrons. The van der Waals surface area contributed by atoms with E-state index in [4.69, 9.17) is 10.5 Å². The maximum Gasteiger partial charge on any atom is 0.253 e. The number of nitrogens with two attached hydrogens (primary N) is 1. The Balaban J connectivity index is 0.00000200. The fourth-order valence-electron chi connectivity index (χ4n) is 2.43. The number of carbonyl (C=O) groups excluding carboxylic acids is 1. The molecule has 1 fully saturated rings. The lowest BCUT2D eigenvalue weighted by Gasteiger charge is -2.27. The van der Waals surface area contributed by atoms with Crippen molar-refractivity contribution in [3.63, 3.8) is 0 Å². The number of rotatable bonds is 4. The van der Waals surface area contributed by atoms with Crippen LogP contribution in [0.2, 0.25) is 0 Å². The molecule has 2 rings (SSSR count). The van der Waals surface area contributed by atoms with Crippen molar-refractivity contribution in [2.24, 2.45) is 11.7 Å². The van der Waals surface area contributed by atoms with Gasteiger partial charge in [0.1, 0.15) is 0 Å². The average Bonchev–Trinajstić information content (AvgIpc) is 2.47. The van der Waals surface area contributed by atoms with E-state index < -0.39 is 0 Å². The first-order valence-corrected chi connectivity index (χ1v) is 6.83. The summed E-state index contributed by atoms with van der Waals surface area (Å²) in [4.78, 5) is 14.1. The molecule has 20 heavy (non-hydrogen) atoms. The van der Waals surface area contributed by atoms with Gasteiger partial charge < -0.3 is 15.4 Å². The van der Waals surface area contributed by atoms with Crippen LogP contribution in [0, 0.1) is 5.92 Å². The van der Waals surface area contributed by atoms with Gasteiger partial charge in [-0.2, -0.15) is 0 Å². The molecule has 1 heterocycles. The molecule has 1 aliphatic rings. The van der Waals surface area contributed by atoms with Crippen molar-refractivity contribution in [1.82, 2.24) is 4.90 Å². The van der Waals surface area contributed by atoms with Crippen LogP contribution >= 0.6 is 12.4 Å². The highest BCUT2D eigenvalue weighted by Gasteiger charge is 2.19. The van der Waals surface area contributed by atoms with Gasteiger partial charge in [0.05, 0.1) is 6.61 Å². The lowest BCUT2D eigenvalue weighted by molar-refractivity contribution is 0.0388. The SMILES string of the molecule is CN(CC1CCCOC1)C(=O)c1ccc(CN)cc1.Cl. The normalized spacial score (nSPS) is 18.2. The van der Waals surface area contributed by atoms with Gasteiger partial charge in [0.15, 0.2) is 0 Å². The summed E-state index contributed by atoms with van der Waals surface area (Å²) in [7, 11) is 1.85. The average molecular weight is 299 g/mol. The van der Waals surface area contributed by atoms with E-state index in [0.717, 1.165) is 43.7 Å². The van der Waals surface area contributed by atoms with Crippen LogP contribution in [0.3, 0.4) is 0 Å².